The predicted molar refractivity (Wildman–Crippen MR) is 125 cm³/mol. The summed E-state index contributed by atoms with van der Waals surface area (Å²) in [5, 5.41) is 13.0. The summed E-state index contributed by atoms with van der Waals surface area (Å²) in [5.74, 6) is -0.131. The fourth-order valence-electron chi connectivity index (χ4n) is 2.65. The standard InChI is InChI=1S/C23H19IN2O5/c1-30-21-12-17(10-11-19(21)24)22(27)26-25-13-18-4-2-3-5-20(18)31-14-15-6-8-16(9-7-15)23(28)29/h2-13H,14H2,1H3,(H,26,27)(H,28,29)/b25-13+. The highest BCUT2D eigenvalue weighted by molar-refractivity contribution is 14.1. The molecule has 0 atom stereocenters. The first kappa shape index (κ1) is 22.3. The number of carbonyl (C=O) groups is 2. The molecule has 2 N–H and O–H groups in total. The summed E-state index contributed by atoms with van der Waals surface area (Å²) in [6.45, 7) is 0.263. The maximum atomic E-state index is 12.3. The van der Waals surface area contributed by atoms with Gasteiger partial charge in [-0.05, 0) is 70.6 Å². The van der Waals surface area contributed by atoms with E-state index >= 15 is 0 Å². The largest absolute Gasteiger partial charge is 0.496 e. The van der Waals surface area contributed by atoms with Crippen LogP contribution in [0.1, 0.15) is 31.8 Å². The van der Waals surface area contributed by atoms with Gasteiger partial charge in [0.15, 0.2) is 0 Å². The second kappa shape index (κ2) is 10.6. The third-order valence-corrected chi connectivity index (χ3v) is 5.19. The van der Waals surface area contributed by atoms with Crippen LogP contribution < -0.4 is 14.9 Å². The van der Waals surface area contributed by atoms with Crippen molar-refractivity contribution in [3.8, 4) is 11.5 Å². The molecule has 3 aromatic rings. The van der Waals surface area contributed by atoms with Gasteiger partial charge in [0.1, 0.15) is 18.1 Å². The average Bonchev–Trinajstić information content (AvgIpc) is 2.79. The lowest BCUT2D eigenvalue weighted by Gasteiger charge is -2.09. The van der Waals surface area contributed by atoms with Gasteiger partial charge in [-0.25, -0.2) is 10.2 Å². The normalized spacial score (nSPS) is 10.6. The van der Waals surface area contributed by atoms with Gasteiger partial charge in [0, 0.05) is 11.1 Å². The second-order valence-corrected chi connectivity index (χ2v) is 7.54. The zero-order chi connectivity index (χ0) is 22.2. The highest BCUT2D eigenvalue weighted by atomic mass is 127. The number of amides is 1. The van der Waals surface area contributed by atoms with Gasteiger partial charge in [-0.3, -0.25) is 4.79 Å². The molecule has 0 radical (unpaired) electrons. The zero-order valence-corrected chi connectivity index (χ0v) is 18.7. The second-order valence-electron chi connectivity index (χ2n) is 6.38. The number of carboxylic acids is 1. The highest BCUT2D eigenvalue weighted by Gasteiger charge is 2.09. The SMILES string of the molecule is COc1cc(C(=O)N/N=C/c2ccccc2OCc2ccc(C(=O)O)cc2)ccc1I. The lowest BCUT2D eigenvalue weighted by molar-refractivity contribution is 0.0696. The van der Waals surface area contributed by atoms with E-state index in [9.17, 15) is 9.59 Å². The van der Waals surface area contributed by atoms with Gasteiger partial charge in [-0.15, -0.1) is 0 Å². The van der Waals surface area contributed by atoms with Crippen molar-refractivity contribution >= 4 is 40.7 Å². The van der Waals surface area contributed by atoms with E-state index in [0.29, 0.717) is 22.6 Å². The van der Waals surface area contributed by atoms with Crippen LogP contribution in [0.15, 0.2) is 71.8 Å². The molecule has 0 aliphatic carbocycles. The number of hydrogen-bond donors (Lipinski definition) is 2. The van der Waals surface area contributed by atoms with E-state index < -0.39 is 5.97 Å². The number of ether oxygens (including phenoxy) is 2. The van der Waals surface area contributed by atoms with E-state index in [1.807, 2.05) is 18.2 Å². The van der Waals surface area contributed by atoms with Crippen molar-refractivity contribution in [2.24, 2.45) is 5.10 Å². The number of carbonyl (C=O) groups excluding carboxylic acids is 1. The van der Waals surface area contributed by atoms with E-state index in [1.54, 1.807) is 43.5 Å². The fourth-order valence-corrected chi connectivity index (χ4v) is 3.20. The van der Waals surface area contributed by atoms with Gasteiger partial charge < -0.3 is 14.6 Å². The van der Waals surface area contributed by atoms with Gasteiger partial charge in [-0.1, -0.05) is 24.3 Å². The van der Waals surface area contributed by atoms with Crippen LogP contribution in [-0.4, -0.2) is 30.3 Å². The van der Waals surface area contributed by atoms with Crippen LogP contribution in [0.25, 0.3) is 0 Å². The molecule has 7 nitrogen and oxygen atoms in total. The molecule has 3 aromatic carbocycles. The minimum atomic E-state index is -0.972. The summed E-state index contributed by atoms with van der Waals surface area (Å²) in [5.41, 5.74) is 4.67. The van der Waals surface area contributed by atoms with Crippen molar-refractivity contribution in [1.82, 2.24) is 5.43 Å². The lowest BCUT2D eigenvalue weighted by Crippen LogP contribution is -2.17. The van der Waals surface area contributed by atoms with E-state index in [1.165, 1.54) is 18.3 Å². The van der Waals surface area contributed by atoms with E-state index in [0.717, 1.165) is 9.13 Å². The van der Waals surface area contributed by atoms with Crippen molar-refractivity contribution in [2.45, 2.75) is 6.61 Å². The summed E-state index contributed by atoms with van der Waals surface area (Å²) >= 11 is 2.13. The van der Waals surface area contributed by atoms with Crippen LogP contribution in [0.4, 0.5) is 0 Å². The molecule has 0 saturated heterocycles. The molecule has 0 fully saturated rings. The molecular formula is C23H19IN2O5. The van der Waals surface area contributed by atoms with Crippen LogP contribution in [0.3, 0.4) is 0 Å². The maximum Gasteiger partial charge on any atom is 0.335 e. The maximum absolute atomic E-state index is 12.3. The Labute approximate surface area is 192 Å². The Hall–Kier alpha value is -3.40. The Morgan fingerprint density at radius 2 is 1.74 bits per heavy atom. The van der Waals surface area contributed by atoms with Crippen molar-refractivity contribution < 1.29 is 24.2 Å². The summed E-state index contributed by atoms with van der Waals surface area (Å²) in [4.78, 5) is 23.3. The first-order valence-electron chi connectivity index (χ1n) is 9.19. The number of aromatic carboxylic acids is 1. The molecule has 0 aliphatic rings. The Morgan fingerprint density at radius 1 is 1.03 bits per heavy atom. The Bertz CT molecular complexity index is 1110. The Balaban J connectivity index is 1.64. The molecule has 0 bridgehead atoms. The Kier molecular flexibility index (Phi) is 7.60. The van der Waals surface area contributed by atoms with E-state index in [4.69, 9.17) is 14.6 Å². The van der Waals surface area contributed by atoms with E-state index in [2.05, 4.69) is 33.1 Å². The lowest BCUT2D eigenvalue weighted by atomic mass is 10.1. The van der Waals surface area contributed by atoms with Gasteiger partial charge in [0.25, 0.3) is 5.91 Å². The van der Waals surface area contributed by atoms with Crippen molar-refractivity contribution in [1.29, 1.82) is 0 Å². The molecule has 0 unspecified atom stereocenters. The third-order valence-electron chi connectivity index (χ3n) is 4.30. The van der Waals surface area contributed by atoms with Crippen LogP contribution in [0.5, 0.6) is 11.5 Å². The average molecular weight is 530 g/mol. The van der Waals surface area contributed by atoms with Crippen LogP contribution in [-0.2, 0) is 6.61 Å². The fraction of sp³-hybridized carbons (Fsp3) is 0.0870. The summed E-state index contributed by atoms with van der Waals surface area (Å²) in [6, 6.07) is 18.9. The molecule has 0 heterocycles. The number of nitrogens with zero attached hydrogens (tertiary/aromatic N) is 1. The molecule has 0 aliphatic heterocycles. The molecule has 1 amide bonds. The number of hydrazone groups is 1. The van der Waals surface area contributed by atoms with E-state index in [-0.39, 0.29) is 18.1 Å². The molecule has 0 saturated carbocycles. The zero-order valence-electron chi connectivity index (χ0n) is 16.5. The van der Waals surface area contributed by atoms with Crippen LogP contribution in [0.2, 0.25) is 0 Å². The predicted octanol–water partition coefficient (Wildman–Crippen LogP) is 4.34. The monoisotopic (exact) mass is 530 g/mol. The third kappa shape index (κ3) is 6.05. The number of halogens is 1. The van der Waals surface area contributed by atoms with Gasteiger partial charge >= 0.3 is 5.97 Å². The molecule has 0 aromatic heterocycles. The minimum absolute atomic E-state index is 0.220. The smallest absolute Gasteiger partial charge is 0.335 e. The van der Waals surface area contributed by atoms with Gasteiger partial charge in [-0.2, -0.15) is 5.10 Å². The molecular weight excluding hydrogens is 511 g/mol. The number of carboxylic acid groups (broad SMARTS) is 1. The molecule has 0 spiro atoms. The van der Waals surface area contributed by atoms with Crippen molar-refractivity contribution in [3.63, 3.8) is 0 Å². The van der Waals surface area contributed by atoms with Gasteiger partial charge in [0.05, 0.1) is 22.5 Å². The number of nitrogens with one attached hydrogen (secondary N) is 1. The number of para-hydroxylation sites is 1. The molecule has 3 rings (SSSR count). The highest BCUT2D eigenvalue weighted by Crippen LogP contribution is 2.22. The quantitative estimate of drug-likeness (QED) is 0.257. The summed E-state index contributed by atoms with van der Waals surface area (Å²) in [6.07, 6.45) is 1.50. The van der Waals surface area contributed by atoms with Crippen LogP contribution >= 0.6 is 22.6 Å². The molecule has 158 valence electrons. The van der Waals surface area contributed by atoms with Gasteiger partial charge in [0.2, 0.25) is 0 Å². The summed E-state index contributed by atoms with van der Waals surface area (Å²) < 4.78 is 12.0. The number of methoxy groups -OCH3 is 1. The topological polar surface area (TPSA) is 97.2 Å². The Morgan fingerprint density at radius 3 is 2.45 bits per heavy atom. The van der Waals surface area contributed by atoms with Crippen LogP contribution in [0, 0.1) is 3.57 Å². The molecule has 31 heavy (non-hydrogen) atoms. The minimum Gasteiger partial charge on any atom is -0.496 e. The summed E-state index contributed by atoms with van der Waals surface area (Å²) in [7, 11) is 1.55. The van der Waals surface area contributed by atoms with Crippen molar-refractivity contribution in [3.05, 3.63) is 92.6 Å². The first-order valence-corrected chi connectivity index (χ1v) is 10.3. The number of hydrogen-bond acceptors (Lipinski definition) is 5. The number of benzene rings is 3. The molecule has 8 heteroatoms. The van der Waals surface area contributed by atoms with Crippen molar-refractivity contribution in [2.75, 3.05) is 7.11 Å². The number of rotatable bonds is 8. The first-order chi connectivity index (χ1) is 15.0.